The topological polar surface area (TPSA) is 26.3 Å². The quantitative estimate of drug-likeness (QED) is 0.391. The average Bonchev–Trinajstić information content (AvgIpc) is 2.50. The highest BCUT2D eigenvalue weighted by atomic mass is 16.5. The third kappa shape index (κ3) is 3.62. The van der Waals surface area contributed by atoms with Gasteiger partial charge in [0.1, 0.15) is 0 Å². The van der Waals surface area contributed by atoms with Gasteiger partial charge in [0.25, 0.3) is 0 Å². The molecule has 0 radical (unpaired) electrons. The van der Waals surface area contributed by atoms with Gasteiger partial charge in [-0.05, 0) is 68.6 Å². The number of rotatable bonds is 4. The summed E-state index contributed by atoms with van der Waals surface area (Å²) >= 11 is 0. The Labute approximate surface area is 141 Å². The summed E-state index contributed by atoms with van der Waals surface area (Å²) in [6.07, 6.45) is 8.47. The van der Waals surface area contributed by atoms with Crippen LogP contribution in [0.15, 0.2) is 36.0 Å². The van der Waals surface area contributed by atoms with E-state index < -0.39 is 0 Å². The number of ether oxygens (including phenoxy) is 1. The summed E-state index contributed by atoms with van der Waals surface area (Å²) in [5.41, 5.74) is 4.25. The van der Waals surface area contributed by atoms with Crippen molar-refractivity contribution in [1.29, 1.82) is 0 Å². The van der Waals surface area contributed by atoms with Crippen molar-refractivity contribution in [3.63, 3.8) is 0 Å². The van der Waals surface area contributed by atoms with Gasteiger partial charge in [0.2, 0.25) is 0 Å². The van der Waals surface area contributed by atoms with E-state index >= 15 is 0 Å². The standard InChI is InChI=1S/C21H32O2/c1-14(13-20(22)23-6)7-9-18-16(3)8-10-19-17(4)15(2)11-12-21(18,19)5/h13,15,18-19H,3-4,7-12H2,1-2,5-6H3. The molecule has 2 heteroatoms. The van der Waals surface area contributed by atoms with Crippen molar-refractivity contribution in [2.45, 2.75) is 59.3 Å². The molecule has 0 aliphatic heterocycles. The molecule has 2 aliphatic rings. The molecule has 2 rings (SSSR count). The zero-order chi connectivity index (χ0) is 17.2. The molecule has 4 unspecified atom stereocenters. The molecule has 0 bridgehead atoms. The van der Waals surface area contributed by atoms with Gasteiger partial charge in [0.15, 0.2) is 0 Å². The van der Waals surface area contributed by atoms with E-state index in [0.717, 1.165) is 24.8 Å². The zero-order valence-corrected chi connectivity index (χ0v) is 15.3. The largest absolute Gasteiger partial charge is 0.466 e. The number of carbonyl (C=O) groups is 1. The van der Waals surface area contributed by atoms with Crippen molar-refractivity contribution in [1.82, 2.24) is 0 Å². The Kier molecular flexibility index (Phi) is 5.54. The Bertz CT molecular complexity index is 528. The Hall–Kier alpha value is -1.31. The summed E-state index contributed by atoms with van der Waals surface area (Å²) in [5, 5.41) is 0. The number of fused-ring (bicyclic) bond motifs is 1. The van der Waals surface area contributed by atoms with E-state index in [4.69, 9.17) is 4.74 Å². The van der Waals surface area contributed by atoms with Gasteiger partial charge in [0, 0.05) is 6.08 Å². The SMILES string of the molecule is C=C1CCC2C(=C)C(C)CCC2(C)C1CCC(C)=CC(=O)OC. The maximum absolute atomic E-state index is 11.4. The molecular weight excluding hydrogens is 284 g/mol. The molecular formula is C21H32O2. The normalized spacial score (nSPS) is 35.0. The second kappa shape index (κ2) is 7.07. The summed E-state index contributed by atoms with van der Waals surface area (Å²) in [6, 6.07) is 0. The molecule has 0 N–H and O–H groups in total. The summed E-state index contributed by atoms with van der Waals surface area (Å²) in [4.78, 5) is 11.4. The second-order valence-electron chi connectivity index (χ2n) is 7.88. The van der Waals surface area contributed by atoms with Crippen LogP contribution in [0.4, 0.5) is 0 Å². The van der Waals surface area contributed by atoms with Gasteiger partial charge in [-0.2, -0.15) is 0 Å². The van der Waals surface area contributed by atoms with Crippen LogP contribution >= 0.6 is 0 Å². The first kappa shape index (κ1) is 18.0. The number of allylic oxidation sites excluding steroid dienone is 3. The van der Waals surface area contributed by atoms with Crippen LogP contribution in [0.2, 0.25) is 0 Å². The second-order valence-corrected chi connectivity index (χ2v) is 7.88. The first-order valence-electron chi connectivity index (χ1n) is 8.91. The van der Waals surface area contributed by atoms with Crippen LogP contribution < -0.4 is 0 Å². The van der Waals surface area contributed by atoms with Crippen molar-refractivity contribution in [3.05, 3.63) is 36.0 Å². The van der Waals surface area contributed by atoms with Gasteiger partial charge < -0.3 is 4.74 Å². The van der Waals surface area contributed by atoms with E-state index in [2.05, 4.69) is 27.0 Å². The van der Waals surface area contributed by atoms with Gasteiger partial charge in [-0.15, -0.1) is 0 Å². The maximum atomic E-state index is 11.4. The predicted molar refractivity (Wildman–Crippen MR) is 96.0 cm³/mol. The third-order valence-corrected chi connectivity index (χ3v) is 6.43. The fourth-order valence-corrected chi connectivity index (χ4v) is 4.79. The number of carbonyl (C=O) groups excluding carboxylic acids is 1. The van der Waals surface area contributed by atoms with E-state index in [0.29, 0.717) is 23.2 Å². The summed E-state index contributed by atoms with van der Waals surface area (Å²) in [6.45, 7) is 15.6. The van der Waals surface area contributed by atoms with Crippen LogP contribution in [0.3, 0.4) is 0 Å². The third-order valence-electron chi connectivity index (χ3n) is 6.43. The highest BCUT2D eigenvalue weighted by molar-refractivity contribution is 5.82. The lowest BCUT2D eigenvalue weighted by molar-refractivity contribution is -0.134. The fraction of sp³-hybridized carbons (Fsp3) is 0.667. The minimum atomic E-state index is -0.256. The van der Waals surface area contributed by atoms with Crippen molar-refractivity contribution >= 4 is 5.97 Å². The first-order valence-corrected chi connectivity index (χ1v) is 8.91. The Morgan fingerprint density at radius 3 is 2.74 bits per heavy atom. The molecule has 0 amide bonds. The van der Waals surface area contributed by atoms with Gasteiger partial charge >= 0.3 is 5.97 Å². The Balaban J connectivity index is 2.13. The van der Waals surface area contributed by atoms with E-state index in [1.165, 1.54) is 37.5 Å². The van der Waals surface area contributed by atoms with E-state index in [9.17, 15) is 4.79 Å². The van der Waals surface area contributed by atoms with Crippen LogP contribution in [-0.4, -0.2) is 13.1 Å². The molecule has 2 aliphatic carbocycles. The lowest BCUT2D eigenvalue weighted by atomic mass is 9.51. The van der Waals surface area contributed by atoms with E-state index in [1.807, 2.05) is 6.92 Å². The lowest BCUT2D eigenvalue weighted by Crippen LogP contribution is -2.44. The van der Waals surface area contributed by atoms with Gasteiger partial charge in [-0.1, -0.05) is 43.7 Å². The fourth-order valence-electron chi connectivity index (χ4n) is 4.79. The minimum absolute atomic E-state index is 0.256. The van der Waals surface area contributed by atoms with E-state index in [1.54, 1.807) is 6.08 Å². The summed E-state index contributed by atoms with van der Waals surface area (Å²) in [7, 11) is 1.43. The molecule has 0 aromatic heterocycles. The molecule has 0 aromatic carbocycles. The van der Waals surface area contributed by atoms with Crippen LogP contribution in [0.25, 0.3) is 0 Å². The molecule has 0 aromatic rings. The summed E-state index contributed by atoms with van der Waals surface area (Å²) < 4.78 is 4.72. The van der Waals surface area contributed by atoms with Crippen molar-refractivity contribution in [3.8, 4) is 0 Å². The van der Waals surface area contributed by atoms with Crippen molar-refractivity contribution in [2.75, 3.05) is 7.11 Å². The van der Waals surface area contributed by atoms with Gasteiger partial charge in [0.05, 0.1) is 7.11 Å². The van der Waals surface area contributed by atoms with E-state index in [-0.39, 0.29) is 5.97 Å². The molecule has 128 valence electrons. The number of esters is 1. The molecule has 2 fully saturated rings. The number of hydrogen-bond acceptors (Lipinski definition) is 2. The Morgan fingerprint density at radius 2 is 2.09 bits per heavy atom. The lowest BCUT2D eigenvalue weighted by Gasteiger charge is -2.54. The van der Waals surface area contributed by atoms with Crippen LogP contribution in [0.1, 0.15) is 59.3 Å². The van der Waals surface area contributed by atoms with Gasteiger partial charge in [-0.25, -0.2) is 4.79 Å². The van der Waals surface area contributed by atoms with Crippen molar-refractivity contribution in [2.24, 2.45) is 23.2 Å². The number of methoxy groups -OCH3 is 1. The Morgan fingerprint density at radius 1 is 1.39 bits per heavy atom. The first-order chi connectivity index (χ1) is 10.8. The van der Waals surface area contributed by atoms with Gasteiger partial charge in [-0.3, -0.25) is 0 Å². The zero-order valence-electron chi connectivity index (χ0n) is 15.3. The molecule has 23 heavy (non-hydrogen) atoms. The summed E-state index contributed by atoms with van der Waals surface area (Å²) in [5.74, 6) is 1.56. The average molecular weight is 316 g/mol. The highest BCUT2D eigenvalue weighted by Crippen LogP contribution is 2.58. The van der Waals surface area contributed by atoms with Crippen LogP contribution in [0.5, 0.6) is 0 Å². The van der Waals surface area contributed by atoms with Crippen molar-refractivity contribution < 1.29 is 9.53 Å². The minimum Gasteiger partial charge on any atom is -0.466 e. The molecule has 0 saturated heterocycles. The smallest absolute Gasteiger partial charge is 0.330 e. The molecule has 0 heterocycles. The predicted octanol–water partition coefficient (Wildman–Crippen LogP) is 5.46. The monoisotopic (exact) mass is 316 g/mol. The number of hydrogen-bond donors (Lipinski definition) is 0. The van der Waals surface area contributed by atoms with Crippen LogP contribution in [0, 0.1) is 23.2 Å². The molecule has 4 atom stereocenters. The highest BCUT2D eigenvalue weighted by Gasteiger charge is 2.48. The van der Waals surface area contributed by atoms with Crippen LogP contribution in [-0.2, 0) is 9.53 Å². The maximum Gasteiger partial charge on any atom is 0.330 e. The molecule has 0 spiro atoms. The molecule has 2 nitrogen and oxygen atoms in total. The molecule has 2 saturated carbocycles.